The summed E-state index contributed by atoms with van der Waals surface area (Å²) in [5, 5.41) is 4.59. The van der Waals surface area contributed by atoms with Crippen molar-refractivity contribution < 1.29 is 4.21 Å². The molecule has 0 radical (unpaired) electrons. The molecule has 1 aromatic carbocycles. The molecule has 0 aromatic heterocycles. The topological polar surface area (TPSA) is 29.1 Å². The van der Waals surface area contributed by atoms with Crippen LogP contribution in [0.4, 0.5) is 0 Å². The highest BCUT2D eigenvalue weighted by Crippen LogP contribution is 2.41. The molecule has 104 valence electrons. The minimum absolute atomic E-state index is 0.453. The van der Waals surface area contributed by atoms with Gasteiger partial charge in [-0.25, -0.2) is 0 Å². The zero-order chi connectivity index (χ0) is 13.2. The van der Waals surface area contributed by atoms with E-state index in [9.17, 15) is 4.21 Å². The van der Waals surface area contributed by atoms with E-state index in [1.54, 1.807) is 0 Å². The molecule has 2 nitrogen and oxygen atoms in total. The highest BCUT2D eigenvalue weighted by atomic mass is 35.5. The zero-order valence-electron chi connectivity index (χ0n) is 11.0. The molecule has 1 aromatic rings. The second-order valence-corrected chi connectivity index (χ2v) is 7.79. The van der Waals surface area contributed by atoms with Crippen LogP contribution in [0.5, 0.6) is 0 Å². The van der Waals surface area contributed by atoms with Crippen molar-refractivity contribution in [1.82, 2.24) is 5.32 Å². The molecule has 4 heteroatoms. The van der Waals surface area contributed by atoms with Crippen LogP contribution in [-0.4, -0.2) is 21.8 Å². The van der Waals surface area contributed by atoms with Gasteiger partial charge < -0.3 is 5.32 Å². The average molecular weight is 298 g/mol. The quantitative estimate of drug-likeness (QED) is 0.924. The first-order valence-corrected chi connectivity index (χ1v) is 8.95. The first kappa shape index (κ1) is 13.6. The summed E-state index contributed by atoms with van der Waals surface area (Å²) in [5.74, 6) is 2.49. The van der Waals surface area contributed by atoms with Gasteiger partial charge in [-0.1, -0.05) is 23.7 Å². The number of benzene rings is 1. The molecule has 2 aliphatic rings. The molecule has 0 bridgehead atoms. The molecular weight excluding hydrogens is 278 g/mol. The molecule has 1 saturated heterocycles. The van der Waals surface area contributed by atoms with Gasteiger partial charge in [-0.2, -0.15) is 0 Å². The Morgan fingerprint density at radius 2 is 1.74 bits per heavy atom. The number of rotatable bonds is 4. The largest absolute Gasteiger partial charge is 0.307 e. The molecule has 0 spiro atoms. The summed E-state index contributed by atoms with van der Waals surface area (Å²) in [6, 6.07) is 9.21. The van der Waals surface area contributed by atoms with E-state index in [0.717, 1.165) is 35.3 Å². The molecule has 3 rings (SSSR count). The van der Waals surface area contributed by atoms with E-state index in [4.69, 9.17) is 11.6 Å². The summed E-state index contributed by atoms with van der Waals surface area (Å²) in [6.07, 6.45) is 4.73. The standard InChI is InChI=1S/C15H20ClNOS/c16-13-5-3-12(4-6-13)15(11-1-2-11)17-14-7-9-19(18)10-8-14/h3-6,11,14-15,17H,1-2,7-10H2. The monoisotopic (exact) mass is 297 g/mol. The minimum Gasteiger partial charge on any atom is -0.307 e. The van der Waals surface area contributed by atoms with Crippen molar-refractivity contribution in [1.29, 1.82) is 0 Å². The Morgan fingerprint density at radius 3 is 2.32 bits per heavy atom. The first-order chi connectivity index (χ1) is 9.22. The molecule has 1 saturated carbocycles. The Hall–Kier alpha value is -0.380. The van der Waals surface area contributed by atoms with Crippen molar-refractivity contribution in [3.05, 3.63) is 34.9 Å². The fourth-order valence-corrected chi connectivity index (χ4v) is 4.24. The lowest BCUT2D eigenvalue weighted by Gasteiger charge is -2.28. The summed E-state index contributed by atoms with van der Waals surface area (Å²) in [7, 11) is -0.576. The molecule has 1 aliphatic carbocycles. The molecule has 19 heavy (non-hydrogen) atoms. The molecule has 0 amide bonds. The summed E-state index contributed by atoms with van der Waals surface area (Å²) >= 11 is 5.97. The highest BCUT2D eigenvalue weighted by molar-refractivity contribution is 7.85. The smallest absolute Gasteiger partial charge is 0.0406 e. The van der Waals surface area contributed by atoms with E-state index in [-0.39, 0.29) is 0 Å². The van der Waals surface area contributed by atoms with Crippen molar-refractivity contribution in [3.63, 3.8) is 0 Å². The van der Waals surface area contributed by atoms with Crippen LogP contribution in [0.3, 0.4) is 0 Å². The maximum atomic E-state index is 11.4. The third-order valence-electron chi connectivity index (χ3n) is 4.13. The van der Waals surface area contributed by atoms with Crippen LogP contribution < -0.4 is 5.32 Å². The van der Waals surface area contributed by atoms with Gasteiger partial charge in [-0.3, -0.25) is 4.21 Å². The van der Waals surface area contributed by atoms with Gasteiger partial charge in [-0.15, -0.1) is 0 Å². The van der Waals surface area contributed by atoms with Gasteiger partial charge in [0.25, 0.3) is 0 Å². The SMILES string of the molecule is O=S1CCC(NC(c2ccc(Cl)cc2)C2CC2)CC1. The van der Waals surface area contributed by atoms with E-state index >= 15 is 0 Å². The maximum absolute atomic E-state index is 11.4. The van der Waals surface area contributed by atoms with Crippen molar-refractivity contribution in [2.75, 3.05) is 11.5 Å². The number of halogens is 1. The van der Waals surface area contributed by atoms with Crippen LogP contribution in [0.1, 0.15) is 37.3 Å². The van der Waals surface area contributed by atoms with Crippen LogP contribution in [0, 0.1) is 5.92 Å². The van der Waals surface area contributed by atoms with Gasteiger partial charge in [0.15, 0.2) is 0 Å². The second kappa shape index (κ2) is 5.94. The van der Waals surface area contributed by atoms with Crippen LogP contribution in [0.2, 0.25) is 5.02 Å². The van der Waals surface area contributed by atoms with Gasteiger partial charge in [0.1, 0.15) is 0 Å². The molecule has 1 atom stereocenters. The highest BCUT2D eigenvalue weighted by Gasteiger charge is 2.34. The molecule has 1 N–H and O–H groups in total. The third kappa shape index (κ3) is 3.59. The average Bonchev–Trinajstić information content (AvgIpc) is 3.24. The van der Waals surface area contributed by atoms with Crippen molar-refractivity contribution in [2.24, 2.45) is 5.92 Å². The predicted octanol–water partition coefficient (Wildman–Crippen LogP) is 3.29. The van der Waals surface area contributed by atoms with Gasteiger partial charge >= 0.3 is 0 Å². The van der Waals surface area contributed by atoms with E-state index in [2.05, 4.69) is 17.4 Å². The molecule has 2 fully saturated rings. The minimum atomic E-state index is -0.576. The fraction of sp³-hybridized carbons (Fsp3) is 0.600. The van der Waals surface area contributed by atoms with Crippen molar-refractivity contribution in [3.8, 4) is 0 Å². The lowest BCUT2D eigenvalue weighted by molar-refractivity contribution is 0.383. The first-order valence-electron chi connectivity index (χ1n) is 7.09. The van der Waals surface area contributed by atoms with E-state index in [1.807, 2.05) is 12.1 Å². The van der Waals surface area contributed by atoms with Gasteiger partial charge in [0.05, 0.1) is 0 Å². The van der Waals surface area contributed by atoms with Crippen LogP contribution in [0.25, 0.3) is 0 Å². The number of hydrogen-bond acceptors (Lipinski definition) is 2. The Kier molecular flexibility index (Phi) is 4.25. The van der Waals surface area contributed by atoms with Gasteiger partial charge in [0.2, 0.25) is 0 Å². The van der Waals surface area contributed by atoms with Crippen LogP contribution in [-0.2, 0) is 10.8 Å². The van der Waals surface area contributed by atoms with E-state index < -0.39 is 10.8 Å². The van der Waals surface area contributed by atoms with E-state index in [0.29, 0.717) is 12.1 Å². The lowest BCUT2D eigenvalue weighted by Crippen LogP contribution is -2.38. The van der Waals surface area contributed by atoms with Crippen molar-refractivity contribution in [2.45, 2.75) is 37.8 Å². The summed E-state index contributed by atoms with van der Waals surface area (Å²) in [6.45, 7) is 0. The molecule has 1 heterocycles. The Bertz CT molecular complexity index is 448. The Labute approximate surface area is 122 Å². The number of nitrogens with one attached hydrogen (secondary N) is 1. The third-order valence-corrected chi connectivity index (χ3v) is 5.76. The normalized spacial score (nSPS) is 29.1. The molecule has 1 unspecified atom stereocenters. The summed E-state index contributed by atoms with van der Waals surface area (Å²) in [5.41, 5.74) is 1.35. The Morgan fingerprint density at radius 1 is 1.11 bits per heavy atom. The second-order valence-electron chi connectivity index (χ2n) is 5.66. The maximum Gasteiger partial charge on any atom is 0.0406 e. The van der Waals surface area contributed by atoms with Gasteiger partial charge in [-0.05, 0) is 49.3 Å². The predicted molar refractivity (Wildman–Crippen MR) is 81.0 cm³/mol. The molecular formula is C15H20ClNOS. The zero-order valence-corrected chi connectivity index (χ0v) is 12.6. The van der Waals surface area contributed by atoms with Gasteiger partial charge in [0, 0.05) is 39.4 Å². The van der Waals surface area contributed by atoms with Crippen molar-refractivity contribution >= 4 is 22.4 Å². The number of hydrogen-bond donors (Lipinski definition) is 1. The van der Waals surface area contributed by atoms with Crippen LogP contribution in [0.15, 0.2) is 24.3 Å². The lowest BCUT2D eigenvalue weighted by atomic mass is 10.00. The van der Waals surface area contributed by atoms with E-state index in [1.165, 1.54) is 18.4 Å². The Balaban J connectivity index is 1.67. The van der Waals surface area contributed by atoms with Crippen LogP contribution >= 0.6 is 11.6 Å². The summed E-state index contributed by atoms with van der Waals surface area (Å²) < 4.78 is 11.4. The fourth-order valence-electron chi connectivity index (χ4n) is 2.82. The summed E-state index contributed by atoms with van der Waals surface area (Å²) in [4.78, 5) is 0. The molecule has 1 aliphatic heterocycles.